The van der Waals surface area contributed by atoms with Crippen LogP contribution in [0.4, 0.5) is 5.13 Å². The number of hydrogen-bond acceptors (Lipinski definition) is 10. The standard InChI is InChI=1S/C14H18N4O8S2/c1-6-7(11(20)18(6)28(23,24)25)4-9(19)10(8-5-27-13(15)16-8)17-26-14(2,3)12(21)22/h5-7H,4H2,1-3H3,(H2,15,16)(H,21,22)(H,23,24,25)/b17-10-/t6-,7-/m0/s1/i7D. The molecule has 1 aromatic rings. The maximum atomic E-state index is 12.8. The molecule has 1 fully saturated rings. The molecule has 14 heteroatoms. The number of carbonyl (C=O) groups excluding carboxylic acids is 2. The van der Waals surface area contributed by atoms with Gasteiger partial charge in [-0.05, 0) is 20.8 Å². The second-order valence-corrected chi connectivity index (χ2v) is 8.48. The van der Waals surface area contributed by atoms with E-state index in [0.29, 0.717) is 0 Å². The van der Waals surface area contributed by atoms with Gasteiger partial charge in [0.05, 0.1) is 11.9 Å². The number of aromatic nitrogens is 1. The summed E-state index contributed by atoms with van der Waals surface area (Å²) in [7, 11) is -4.87. The highest BCUT2D eigenvalue weighted by Gasteiger charge is 2.51. The predicted octanol–water partition coefficient (Wildman–Crippen LogP) is -0.0819. The Hall–Kier alpha value is -2.58. The first-order valence-corrected chi connectivity index (χ1v) is 9.94. The van der Waals surface area contributed by atoms with Gasteiger partial charge in [-0.3, -0.25) is 14.1 Å². The summed E-state index contributed by atoms with van der Waals surface area (Å²) in [5.74, 6) is -5.77. The highest BCUT2D eigenvalue weighted by Crippen LogP contribution is 2.32. The Morgan fingerprint density at radius 3 is 2.57 bits per heavy atom. The quantitative estimate of drug-likeness (QED) is 0.215. The van der Waals surface area contributed by atoms with Gasteiger partial charge >= 0.3 is 16.3 Å². The molecule has 154 valence electrons. The maximum absolute atomic E-state index is 12.8. The zero-order valence-electron chi connectivity index (χ0n) is 15.9. The molecule has 1 aromatic heterocycles. The normalized spacial score (nSPS) is 23.8. The molecule has 0 spiro atoms. The second-order valence-electron chi connectivity index (χ2n) is 6.30. The van der Waals surface area contributed by atoms with Gasteiger partial charge in [-0.15, -0.1) is 11.3 Å². The van der Waals surface area contributed by atoms with Crippen molar-refractivity contribution in [1.29, 1.82) is 0 Å². The molecule has 0 radical (unpaired) electrons. The van der Waals surface area contributed by atoms with Crippen LogP contribution in [-0.4, -0.2) is 62.4 Å². The molecule has 4 N–H and O–H groups in total. The second kappa shape index (κ2) is 7.44. The predicted molar refractivity (Wildman–Crippen MR) is 96.8 cm³/mol. The Balaban J connectivity index is 2.34. The number of rotatable bonds is 8. The van der Waals surface area contributed by atoms with E-state index in [1.807, 2.05) is 0 Å². The molecular weight excluding hydrogens is 416 g/mol. The summed E-state index contributed by atoms with van der Waals surface area (Å²) in [6.07, 6.45) is -0.813. The fourth-order valence-electron chi connectivity index (χ4n) is 2.19. The summed E-state index contributed by atoms with van der Waals surface area (Å²) in [5, 5.41) is 14.1. The lowest BCUT2D eigenvalue weighted by Crippen LogP contribution is -2.62. The van der Waals surface area contributed by atoms with E-state index in [4.69, 9.17) is 21.6 Å². The SMILES string of the molecule is [2H][C@@]1(CC(=O)/C(=N\OC(C)(C)C(=O)O)c2csc(N)n2)C(=O)N(S(=O)(=O)O)[C@H]1C. The summed E-state index contributed by atoms with van der Waals surface area (Å²) in [6.45, 7) is 3.55. The van der Waals surface area contributed by atoms with Crippen LogP contribution in [0, 0.1) is 5.89 Å². The van der Waals surface area contributed by atoms with Crippen LogP contribution < -0.4 is 5.73 Å². The van der Waals surface area contributed by atoms with Gasteiger partial charge in [-0.1, -0.05) is 5.16 Å². The van der Waals surface area contributed by atoms with Gasteiger partial charge in [0.2, 0.25) is 11.5 Å². The van der Waals surface area contributed by atoms with Crippen molar-refractivity contribution < 1.29 is 38.7 Å². The van der Waals surface area contributed by atoms with Crippen molar-refractivity contribution >= 4 is 50.1 Å². The van der Waals surface area contributed by atoms with Crippen LogP contribution in [0.1, 0.15) is 34.3 Å². The molecule has 28 heavy (non-hydrogen) atoms. The van der Waals surface area contributed by atoms with E-state index >= 15 is 0 Å². The van der Waals surface area contributed by atoms with E-state index in [9.17, 15) is 22.8 Å². The highest BCUT2D eigenvalue weighted by molar-refractivity contribution is 7.84. The molecule has 1 saturated heterocycles. The molecule has 1 amide bonds. The van der Waals surface area contributed by atoms with E-state index in [-0.39, 0.29) is 15.1 Å². The number of β-lactam (4-membered cyclic amide) rings is 1. The smallest absolute Gasteiger partial charge is 0.362 e. The van der Waals surface area contributed by atoms with Crippen LogP contribution in [0.25, 0.3) is 0 Å². The number of nitrogen functional groups attached to an aromatic ring is 1. The van der Waals surface area contributed by atoms with Crippen molar-refractivity contribution in [1.82, 2.24) is 9.29 Å². The number of carboxylic acids is 1. The number of oxime groups is 1. The number of thiazole rings is 1. The van der Waals surface area contributed by atoms with Crippen LogP contribution >= 0.6 is 11.3 Å². The fourth-order valence-corrected chi connectivity index (χ4v) is 3.59. The average molecular weight is 435 g/mol. The van der Waals surface area contributed by atoms with Crippen molar-refractivity contribution in [2.45, 2.75) is 38.8 Å². The first kappa shape index (κ1) is 20.2. The number of carboxylic acid groups (broad SMARTS) is 1. The minimum absolute atomic E-state index is 0.0617. The van der Waals surface area contributed by atoms with Gasteiger partial charge in [0.25, 0.3) is 0 Å². The summed E-state index contributed by atoms with van der Waals surface area (Å²) in [6, 6.07) is -1.33. The van der Waals surface area contributed by atoms with E-state index in [1.165, 1.54) is 26.2 Å². The van der Waals surface area contributed by atoms with Gasteiger partial charge in [-0.25, -0.2) is 14.1 Å². The van der Waals surface area contributed by atoms with Gasteiger partial charge in [0.1, 0.15) is 5.69 Å². The van der Waals surface area contributed by atoms with Gasteiger partial charge < -0.3 is 15.7 Å². The number of aliphatic carboxylic acids is 1. The van der Waals surface area contributed by atoms with Gasteiger partial charge in [-0.2, -0.15) is 8.42 Å². The number of hydrogen-bond donors (Lipinski definition) is 3. The number of anilines is 1. The van der Waals surface area contributed by atoms with Crippen molar-refractivity contribution in [2.75, 3.05) is 5.73 Å². The highest BCUT2D eigenvalue weighted by atomic mass is 32.2. The number of carbonyl (C=O) groups is 3. The molecule has 2 rings (SSSR count). The van der Waals surface area contributed by atoms with Crippen LogP contribution in [0.15, 0.2) is 10.5 Å². The Morgan fingerprint density at radius 1 is 1.54 bits per heavy atom. The minimum atomic E-state index is -4.87. The third-order valence-electron chi connectivity index (χ3n) is 3.84. The van der Waals surface area contributed by atoms with Gasteiger partial charge in [0.15, 0.2) is 16.6 Å². The molecule has 0 unspecified atom stereocenters. The van der Waals surface area contributed by atoms with Crippen molar-refractivity contribution in [3.05, 3.63) is 11.1 Å². The first-order chi connectivity index (χ1) is 13.1. The number of nitrogens with two attached hydrogens (primary N) is 1. The van der Waals surface area contributed by atoms with Crippen LogP contribution in [0.2, 0.25) is 0 Å². The fraction of sp³-hybridized carbons (Fsp3) is 0.500. The van der Waals surface area contributed by atoms with Crippen LogP contribution in [0.3, 0.4) is 0 Å². The minimum Gasteiger partial charge on any atom is -0.478 e. The van der Waals surface area contributed by atoms with Gasteiger partial charge in [0, 0.05) is 13.2 Å². The zero-order valence-corrected chi connectivity index (χ0v) is 16.6. The van der Waals surface area contributed by atoms with Crippen LogP contribution in [0.5, 0.6) is 0 Å². The topological polar surface area (TPSA) is 190 Å². The summed E-state index contributed by atoms with van der Waals surface area (Å²) >= 11 is 0.960. The average Bonchev–Trinajstić information content (AvgIpc) is 2.99. The number of amides is 1. The molecule has 1 aliphatic rings. The largest absolute Gasteiger partial charge is 0.478 e. The van der Waals surface area contributed by atoms with Crippen molar-refractivity contribution in [3.8, 4) is 0 Å². The number of nitrogens with zero attached hydrogens (tertiary/aromatic N) is 3. The third kappa shape index (κ3) is 4.28. The zero-order chi connectivity index (χ0) is 22.4. The Bertz CT molecular complexity index is 1010. The molecule has 2 atom stereocenters. The Morgan fingerprint density at radius 2 is 2.14 bits per heavy atom. The Labute approximate surface area is 165 Å². The molecule has 1 aliphatic heterocycles. The molecule has 0 bridgehead atoms. The summed E-state index contributed by atoms with van der Waals surface area (Å²) in [5.41, 5.74) is 3.19. The lowest BCUT2D eigenvalue weighted by atomic mass is 9.86. The molecule has 2 heterocycles. The molecule has 0 saturated carbocycles. The van der Waals surface area contributed by atoms with Crippen molar-refractivity contribution in [2.24, 2.45) is 11.0 Å². The first-order valence-electron chi connectivity index (χ1n) is 8.16. The summed E-state index contributed by atoms with van der Waals surface area (Å²) in [4.78, 5) is 44.8. The molecule has 0 aliphatic carbocycles. The number of ketones is 1. The Kier molecular flexibility index (Phi) is 5.36. The third-order valence-corrected chi connectivity index (χ3v) is 5.49. The summed E-state index contributed by atoms with van der Waals surface area (Å²) < 4.78 is 39.7. The lowest BCUT2D eigenvalue weighted by molar-refractivity contribution is -0.161. The monoisotopic (exact) mass is 435 g/mol. The molecule has 0 aromatic carbocycles. The van der Waals surface area contributed by atoms with Crippen molar-refractivity contribution in [3.63, 3.8) is 0 Å². The number of Topliss-reactive ketones (excluding diaryl/α,β-unsaturated/α-hetero) is 1. The molecular formula is C14H18N4O8S2. The van der Waals surface area contributed by atoms with E-state index in [0.717, 1.165) is 11.3 Å². The van der Waals surface area contributed by atoms with E-state index in [2.05, 4.69) is 10.1 Å². The van der Waals surface area contributed by atoms with E-state index < -0.39 is 57.6 Å². The van der Waals surface area contributed by atoms with E-state index in [1.54, 1.807) is 0 Å². The maximum Gasteiger partial charge on any atom is 0.362 e. The lowest BCUT2D eigenvalue weighted by Gasteiger charge is -2.41. The van der Waals surface area contributed by atoms with Crippen LogP contribution in [-0.2, 0) is 29.5 Å². The molecule has 12 nitrogen and oxygen atoms in total.